The van der Waals surface area contributed by atoms with Crippen molar-refractivity contribution in [2.75, 3.05) is 11.4 Å². The lowest BCUT2D eigenvalue weighted by molar-refractivity contribution is -0.137. The number of carboxylic acids is 1. The first-order valence-corrected chi connectivity index (χ1v) is 11.6. The SMILES string of the molecule is O=C(O)CC1CCCN1c1nc(-c2ccc(Oc3ccccc3)cc2)c(-c2cncnc2)s1. The van der Waals surface area contributed by atoms with E-state index in [0.29, 0.717) is 0 Å². The van der Waals surface area contributed by atoms with Gasteiger partial charge in [-0.3, -0.25) is 4.79 Å². The molecule has 7 nitrogen and oxygen atoms in total. The molecule has 33 heavy (non-hydrogen) atoms. The van der Waals surface area contributed by atoms with Crippen molar-refractivity contribution in [3.63, 3.8) is 0 Å². The number of anilines is 1. The number of ether oxygens (including phenoxy) is 1. The quantitative estimate of drug-likeness (QED) is 0.391. The van der Waals surface area contributed by atoms with Crippen molar-refractivity contribution in [2.45, 2.75) is 25.3 Å². The highest BCUT2D eigenvalue weighted by Gasteiger charge is 2.30. The molecular formula is C25H22N4O3S. The van der Waals surface area contributed by atoms with Gasteiger partial charge in [-0.25, -0.2) is 15.0 Å². The molecule has 1 atom stereocenters. The molecule has 1 unspecified atom stereocenters. The van der Waals surface area contributed by atoms with Gasteiger partial charge >= 0.3 is 5.97 Å². The van der Waals surface area contributed by atoms with E-state index in [4.69, 9.17) is 9.72 Å². The molecule has 4 aromatic rings. The van der Waals surface area contributed by atoms with Gasteiger partial charge in [0.2, 0.25) is 0 Å². The number of aromatic nitrogens is 3. The monoisotopic (exact) mass is 458 g/mol. The number of aliphatic carboxylic acids is 1. The molecule has 1 saturated heterocycles. The predicted octanol–water partition coefficient (Wildman–Crippen LogP) is 5.50. The summed E-state index contributed by atoms with van der Waals surface area (Å²) in [6, 6.07) is 17.4. The van der Waals surface area contributed by atoms with Crippen LogP contribution in [0.25, 0.3) is 21.7 Å². The second-order valence-corrected chi connectivity index (χ2v) is 8.81. The highest BCUT2D eigenvalue weighted by molar-refractivity contribution is 7.19. The van der Waals surface area contributed by atoms with Crippen LogP contribution in [0, 0.1) is 0 Å². The molecule has 0 saturated carbocycles. The molecule has 0 bridgehead atoms. The summed E-state index contributed by atoms with van der Waals surface area (Å²) in [4.78, 5) is 27.7. The number of hydrogen-bond donors (Lipinski definition) is 1. The zero-order valence-electron chi connectivity index (χ0n) is 17.8. The Morgan fingerprint density at radius 3 is 2.48 bits per heavy atom. The Balaban J connectivity index is 1.49. The number of rotatable bonds is 7. The van der Waals surface area contributed by atoms with E-state index in [1.807, 2.05) is 54.6 Å². The summed E-state index contributed by atoms with van der Waals surface area (Å²) >= 11 is 1.55. The van der Waals surface area contributed by atoms with Gasteiger partial charge in [0.1, 0.15) is 17.8 Å². The molecule has 3 heterocycles. The van der Waals surface area contributed by atoms with Gasteiger partial charge in [0, 0.05) is 36.1 Å². The van der Waals surface area contributed by atoms with Gasteiger partial charge in [-0.15, -0.1) is 0 Å². The molecule has 8 heteroatoms. The number of thiazole rings is 1. The fraction of sp³-hybridized carbons (Fsp3) is 0.200. The van der Waals surface area contributed by atoms with Crippen molar-refractivity contribution in [3.05, 3.63) is 73.3 Å². The molecule has 1 fully saturated rings. The Hall–Kier alpha value is -3.78. The van der Waals surface area contributed by atoms with E-state index in [1.54, 1.807) is 23.7 Å². The number of benzene rings is 2. The summed E-state index contributed by atoms with van der Waals surface area (Å²) in [6.07, 6.45) is 6.99. The number of nitrogens with zero attached hydrogens (tertiary/aromatic N) is 4. The number of hydrogen-bond acceptors (Lipinski definition) is 7. The summed E-state index contributed by atoms with van der Waals surface area (Å²) in [6.45, 7) is 0.805. The van der Waals surface area contributed by atoms with Gasteiger partial charge in [0.15, 0.2) is 5.13 Å². The first-order chi connectivity index (χ1) is 16.2. The molecule has 166 valence electrons. The minimum Gasteiger partial charge on any atom is -0.481 e. The van der Waals surface area contributed by atoms with Gasteiger partial charge in [0.25, 0.3) is 0 Å². The van der Waals surface area contributed by atoms with E-state index in [1.165, 1.54) is 6.33 Å². The van der Waals surface area contributed by atoms with Crippen LogP contribution in [0.2, 0.25) is 0 Å². The van der Waals surface area contributed by atoms with E-state index in [0.717, 1.165) is 57.7 Å². The van der Waals surface area contributed by atoms with Crippen molar-refractivity contribution in [3.8, 4) is 33.2 Å². The fourth-order valence-electron chi connectivity index (χ4n) is 4.05. The normalized spacial score (nSPS) is 15.5. The van der Waals surface area contributed by atoms with Crippen LogP contribution in [0.1, 0.15) is 19.3 Å². The highest BCUT2D eigenvalue weighted by Crippen LogP contribution is 2.42. The molecule has 0 amide bonds. The minimum atomic E-state index is -0.783. The van der Waals surface area contributed by atoms with E-state index in [9.17, 15) is 9.90 Å². The largest absolute Gasteiger partial charge is 0.481 e. The van der Waals surface area contributed by atoms with Crippen molar-refractivity contribution in [2.24, 2.45) is 0 Å². The fourth-order valence-corrected chi connectivity index (χ4v) is 5.21. The van der Waals surface area contributed by atoms with Crippen molar-refractivity contribution < 1.29 is 14.6 Å². The lowest BCUT2D eigenvalue weighted by Crippen LogP contribution is -2.31. The lowest BCUT2D eigenvalue weighted by Gasteiger charge is -2.22. The summed E-state index contributed by atoms with van der Waals surface area (Å²) in [7, 11) is 0. The molecule has 2 aromatic carbocycles. The second kappa shape index (κ2) is 9.38. The first-order valence-electron chi connectivity index (χ1n) is 10.8. The summed E-state index contributed by atoms with van der Waals surface area (Å²) in [5, 5.41) is 10.1. The second-order valence-electron chi connectivity index (χ2n) is 7.83. The number of carbonyl (C=O) groups is 1. The molecule has 1 aliphatic rings. The molecule has 1 N–H and O–H groups in total. The zero-order chi connectivity index (χ0) is 22.6. The number of para-hydroxylation sites is 1. The van der Waals surface area contributed by atoms with E-state index >= 15 is 0 Å². The van der Waals surface area contributed by atoms with Crippen LogP contribution >= 0.6 is 11.3 Å². The van der Waals surface area contributed by atoms with Crippen LogP contribution in [-0.2, 0) is 4.79 Å². The average molecular weight is 459 g/mol. The molecule has 1 aliphatic heterocycles. The van der Waals surface area contributed by atoms with Crippen LogP contribution in [0.4, 0.5) is 5.13 Å². The zero-order valence-corrected chi connectivity index (χ0v) is 18.6. The summed E-state index contributed by atoms with van der Waals surface area (Å²) in [5.41, 5.74) is 2.66. The van der Waals surface area contributed by atoms with Gasteiger partial charge in [-0.1, -0.05) is 29.5 Å². The molecule has 5 rings (SSSR count). The third kappa shape index (κ3) is 4.70. The standard InChI is InChI=1S/C25H22N4O3S/c30-22(31)13-19-5-4-12-29(19)25-28-23(24(33-25)18-14-26-16-27-15-18)17-8-10-21(11-9-17)32-20-6-2-1-3-7-20/h1-3,6-11,14-16,19H,4-5,12-13H2,(H,30,31). The Morgan fingerprint density at radius 1 is 1.03 bits per heavy atom. The summed E-state index contributed by atoms with van der Waals surface area (Å²) in [5.74, 6) is 0.738. The maximum atomic E-state index is 11.3. The Kier molecular flexibility index (Phi) is 5.99. The molecule has 0 spiro atoms. The average Bonchev–Trinajstić information content (AvgIpc) is 3.48. The maximum absolute atomic E-state index is 11.3. The molecule has 0 radical (unpaired) electrons. The van der Waals surface area contributed by atoms with E-state index < -0.39 is 5.97 Å². The highest BCUT2D eigenvalue weighted by atomic mass is 32.1. The van der Waals surface area contributed by atoms with Gasteiger partial charge < -0.3 is 14.7 Å². The van der Waals surface area contributed by atoms with Gasteiger partial charge in [-0.2, -0.15) is 0 Å². The topological polar surface area (TPSA) is 88.4 Å². The predicted molar refractivity (Wildman–Crippen MR) is 128 cm³/mol. The third-order valence-corrected chi connectivity index (χ3v) is 6.72. The molecule has 0 aliphatic carbocycles. The first kappa shape index (κ1) is 21.1. The van der Waals surface area contributed by atoms with E-state index in [-0.39, 0.29) is 12.5 Å². The van der Waals surface area contributed by atoms with Crippen LogP contribution < -0.4 is 9.64 Å². The van der Waals surface area contributed by atoms with Crippen molar-refractivity contribution in [1.29, 1.82) is 0 Å². The van der Waals surface area contributed by atoms with Gasteiger partial charge in [-0.05, 0) is 49.2 Å². The Morgan fingerprint density at radius 2 is 1.76 bits per heavy atom. The third-order valence-electron chi connectivity index (χ3n) is 5.58. The van der Waals surface area contributed by atoms with Gasteiger partial charge in [0.05, 0.1) is 17.0 Å². The van der Waals surface area contributed by atoms with Crippen LogP contribution in [-0.4, -0.2) is 38.6 Å². The van der Waals surface area contributed by atoms with E-state index in [2.05, 4.69) is 14.9 Å². The number of carboxylic acid groups (broad SMARTS) is 1. The van der Waals surface area contributed by atoms with Crippen molar-refractivity contribution >= 4 is 22.4 Å². The smallest absolute Gasteiger partial charge is 0.305 e. The summed E-state index contributed by atoms with van der Waals surface area (Å²) < 4.78 is 5.92. The molecule has 2 aromatic heterocycles. The maximum Gasteiger partial charge on any atom is 0.305 e. The minimum absolute atomic E-state index is 0.0389. The Bertz CT molecular complexity index is 1230. The van der Waals surface area contributed by atoms with Crippen LogP contribution in [0.5, 0.6) is 11.5 Å². The van der Waals surface area contributed by atoms with Crippen LogP contribution in [0.3, 0.4) is 0 Å². The van der Waals surface area contributed by atoms with Crippen LogP contribution in [0.15, 0.2) is 73.3 Å². The molecular weight excluding hydrogens is 436 g/mol. The Labute approximate surface area is 195 Å². The van der Waals surface area contributed by atoms with Crippen molar-refractivity contribution in [1.82, 2.24) is 15.0 Å². The lowest BCUT2D eigenvalue weighted by atomic mass is 10.1.